The van der Waals surface area contributed by atoms with Gasteiger partial charge in [0.05, 0.1) is 16.8 Å². The molecule has 1 aliphatic heterocycles. The number of amides is 1. The van der Waals surface area contributed by atoms with E-state index in [9.17, 15) is 9.59 Å². The molecule has 29 heavy (non-hydrogen) atoms. The maximum atomic E-state index is 11.9. The lowest BCUT2D eigenvalue weighted by molar-refractivity contribution is -0.143. The number of benzene rings is 2. The average Bonchev–Trinajstić information content (AvgIpc) is 3.17. The monoisotopic (exact) mass is 410 g/mol. The van der Waals surface area contributed by atoms with Gasteiger partial charge < -0.3 is 19.5 Å². The highest BCUT2D eigenvalue weighted by atomic mass is 32.1. The Hall–Kier alpha value is -3.39. The van der Waals surface area contributed by atoms with E-state index >= 15 is 0 Å². The molecule has 7 nitrogen and oxygen atoms in total. The average molecular weight is 410 g/mol. The van der Waals surface area contributed by atoms with Crippen molar-refractivity contribution in [3.8, 4) is 11.5 Å². The summed E-state index contributed by atoms with van der Waals surface area (Å²) in [4.78, 5) is 28.1. The van der Waals surface area contributed by atoms with Crippen molar-refractivity contribution in [3.63, 3.8) is 0 Å². The summed E-state index contributed by atoms with van der Waals surface area (Å²) in [6.45, 7) is 0.224. The van der Waals surface area contributed by atoms with Crippen molar-refractivity contribution in [2.75, 3.05) is 19.8 Å². The zero-order valence-corrected chi connectivity index (χ0v) is 16.2. The Bertz CT molecular complexity index is 1030. The molecule has 0 radical (unpaired) electrons. The largest absolute Gasteiger partial charge is 0.486 e. The third kappa shape index (κ3) is 4.91. The molecular weight excluding hydrogens is 392 g/mol. The molecule has 0 bridgehead atoms. The van der Waals surface area contributed by atoms with E-state index in [1.165, 1.54) is 17.4 Å². The van der Waals surface area contributed by atoms with Crippen LogP contribution in [0.15, 0.2) is 54.6 Å². The summed E-state index contributed by atoms with van der Waals surface area (Å²) >= 11 is 1.47. The first-order chi connectivity index (χ1) is 14.2. The molecule has 0 unspecified atom stereocenters. The number of rotatable bonds is 6. The number of para-hydroxylation sites is 3. The van der Waals surface area contributed by atoms with Crippen molar-refractivity contribution in [1.82, 2.24) is 10.3 Å². The summed E-state index contributed by atoms with van der Waals surface area (Å²) in [5.74, 6) is 0.313. The molecule has 148 valence electrons. The summed E-state index contributed by atoms with van der Waals surface area (Å²) < 4.78 is 17.3. The Labute approximate surface area is 170 Å². The summed E-state index contributed by atoms with van der Waals surface area (Å²) in [5, 5.41) is 3.37. The van der Waals surface area contributed by atoms with E-state index in [1.54, 1.807) is 6.08 Å². The molecule has 1 atom stereocenters. The Kier molecular flexibility index (Phi) is 5.71. The van der Waals surface area contributed by atoms with E-state index in [1.807, 2.05) is 48.5 Å². The van der Waals surface area contributed by atoms with Gasteiger partial charge >= 0.3 is 5.97 Å². The van der Waals surface area contributed by atoms with Crippen LogP contribution in [0.25, 0.3) is 16.3 Å². The van der Waals surface area contributed by atoms with Gasteiger partial charge in [0.15, 0.2) is 18.1 Å². The minimum atomic E-state index is -0.606. The molecule has 1 N–H and O–H groups in total. The van der Waals surface area contributed by atoms with E-state index in [0.29, 0.717) is 23.1 Å². The summed E-state index contributed by atoms with van der Waals surface area (Å²) in [7, 11) is 0. The Balaban J connectivity index is 1.20. The predicted molar refractivity (Wildman–Crippen MR) is 109 cm³/mol. The standard InChI is InChI=1S/C21H18N2O5S/c24-19(22-11-14-12-26-16-6-2-3-7-17(16)28-14)13-27-21(25)10-9-20-23-15-5-1-4-8-18(15)29-20/h1-10,14H,11-13H2,(H,22,24)/b10-9+/t14-/m1/s1. The lowest BCUT2D eigenvalue weighted by atomic mass is 10.2. The highest BCUT2D eigenvalue weighted by molar-refractivity contribution is 7.19. The number of carbonyl (C=O) groups is 2. The number of nitrogens with zero attached hydrogens (tertiary/aromatic N) is 1. The van der Waals surface area contributed by atoms with Crippen LogP contribution in [0.5, 0.6) is 11.5 Å². The van der Waals surface area contributed by atoms with Gasteiger partial charge in [-0.2, -0.15) is 0 Å². The maximum Gasteiger partial charge on any atom is 0.331 e. The van der Waals surface area contributed by atoms with E-state index in [2.05, 4.69) is 10.3 Å². The van der Waals surface area contributed by atoms with Crippen LogP contribution in [0.3, 0.4) is 0 Å². The number of ether oxygens (including phenoxy) is 3. The highest BCUT2D eigenvalue weighted by Crippen LogP contribution is 2.30. The molecule has 0 spiro atoms. The first-order valence-corrected chi connectivity index (χ1v) is 9.84. The zero-order chi connectivity index (χ0) is 20.1. The molecule has 0 saturated heterocycles. The Morgan fingerprint density at radius 3 is 2.83 bits per heavy atom. The van der Waals surface area contributed by atoms with Gasteiger partial charge in [-0.25, -0.2) is 9.78 Å². The molecule has 1 aliphatic rings. The van der Waals surface area contributed by atoms with Crippen LogP contribution in [0, 0.1) is 0 Å². The number of carbonyl (C=O) groups excluding carboxylic acids is 2. The van der Waals surface area contributed by atoms with Crippen LogP contribution in [0.2, 0.25) is 0 Å². The van der Waals surface area contributed by atoms with Gasteiger partial charge in [-0.05, 0) is 30.3 Å². The van der Waals surface area contributed by atoms with Gasteiger partial charge in [0.25, 0.3) is 5.91 Å². The molecule has 2 aromatic carbocycles. The fourth-order valence-electron chi connectivity index (χ4n) is 2.73. The van der Waals surface area contributed by atoms with Crippen LogP contribution in [-0.4, -0.2) is 42.7 Å². The van der Waals surface area contributed by atoms with Crippen LogP contribution in [0.1, 0.15) is 5.01 Å². The third-order valence-electron chi connectivity index (χ3n) is 4.11. The molecule has 4 rings (SSSR count). The molecule has 3 aromatic rings. The van der Waals surface area contributed by atoms with Gasteiger partial charge in [-0.15, -0.1) is 11.3 Å². The van der Waals surface area contributed by atoms with Crippen LogP contribution < -0.4 is 14.8 Å². The molecule has 8 heteroatoms. The quantitative estimate of drug-likeness (QED) is 0.497. The predicted octanol–water partition coefficient (Wildman–Crippen LogP) is 2.81. The van der Waals surface area contributed by atoms with Crippen molar-refractivity contribution in [3.05, 3.63) is 59.6 Å². The third-order valence-corrected chi connectivity index (χ3v) is 5.11. The highest BCUT2D eigenvalue weighted by Gasteiger charge is 2.21. The lowest BCUT2D eigenvalue weighted by Crippen LogP contribution is -2.42. The SMILES string of the molecule is O=C(COC(=O)/C=C/c1nc2ccccc2s1)NC[C@@H]1COc2ccccc2O1. The fraction of sp³-hybridized carbons (Fsp3) is 0.190. The van der Waals surface area contributed by atoms with Gasteiger partial charge in [0.2, 0.25) is 0 Å². The minimum Gasteiger partial charge on any atom is -0.486 e. The molecule has 2 heterocycles. The molecule has 1 amide bonds. The number of aromatic nitrogens is 1. The maximum absolute atomic E-state index is 11.9. The van der Waals surface area contributed by atoms with Crippen molar-refractivity contribution in [2.45, 2.75) is 6.10 Å². The molecule has 1 aromatic heterocycles. The number of fused-ring (bicyclic) bond motifs is 2. The normalized spacial score (nSPS) is 15.4. The van der Waals surface area contributed by atoms with Gasteiger partial charge in [0.1, 0.15) is 17.7 Å². The van der Waals surface area contributed by atoms with E-state index < -0.39 is 11.9 Å². The first kappa shape index (κ1) is 18.9. The smallest absolute Gasteiger partial charge is 0.331 e. The number of hydrogen-bond acceptors (Lipinski definition) is 7. The number of nitrogens with one attached hydrogen (secondary N) is 1. The Morgan fingerprint density at radius 2 is 1.97 bits per heavy atom. The van der Waals surface area contributed by atoms with Gasteiger partial charge in [-0.1, -0.05) is 24.3 Å². The summed E-state index contributed by atoms with van der Waals surface area (Å²) in [5.41, 5.74) is 0.876. The second-order valence-electron chi connectivity index (χ2n) is 6.26. The minimum absolute atomic E-state index is 0.256. The van der Waals surface area contributed by atoms with Crippen molar-refractivity contribution >= 4 is 39.5 Å². The van der Waals surface area contributed by atoms with E-state index in [0.717, 1.165) is 10.2 Å². The van der Waals surface area contributed by atoms with Gasteiger partial charge in [-0.3, -0.25) is 4.79 Å². The number of thiazole rings is 1. The Morgan fingerprint density at radius 1 is 1.17 bits per heavy atom. The van der Waals surface area contributed by atoms with Crippen molar-refractivity contribution in [2.24, 2.45) is 0 Å². The molecule has 0 fully saturated rings. The molecule has 0 saturated carbocycles. The lowest BCUT2D eigenvalue weighted by Gasteiger charge is -2.26. The van der Waals surface area contributed by atoms with Crippen LogP contribution in [-0.2, 0) is 14.3 Å². The summed E-state index contributed by atoms with van der Waals surface area (Å²) in [6.07, 6.45) is 2.54. The van der Waals surface area contributed by atoms with Gasteiger partial charge in [0, 0.05) is 6.08 Å². The fourth-order valence-corrected chi connectivity index (χ4v) is 3.60. The molecule has 0 aliphatic carbocycles. The van der Waals surface area contributed by atoms with Crippen LogP contribution >= 0.6 is 11.3 Å². The molecular formula is C21H18N2O5S. The van der Waals surface area contributed by atoms with Crippen molar-refractivity contribution < 1.29 is 23.8 Å². The second-order valence-corrected chi connectivity index (χ2v) is 7.32. The zero-order valence-electron chi connectivity index (χ0n) is 15.4. The van der Waals surface area contributed by atoms with Crippen molar-refractivity contribution in [1.29, 1.82) is 0 Å². The number of hydrogen-bond donors (Lipinski definition) is 1. The van der Waals surface area contributed by atoms with E-state index in [4.69, 9.17) is 14.2 Å². The summed E-state index contributed by atoms with van der Waals surface area (Å²) in [6, 6.07) is 15.1. The second kappa shape index (κ2) is 8.74. The topological polar surface area (TPSA) is 86.8 Å². The van der Waals surface area contributed by atoms with Crippen LogP contribution in [0.4, 0.5) is 0 Å². The first-order valence-electron chi connectivity index (χ1n) is 9.03. The number of esters is 1. The van der Waals surface area contributed by atoms with E-state index in [-0.39, 0.29) is 19.3 Å².